The van der Waals surface area contributed by atoms with Gasteiger partial charge in [0.15, 0.2) is 0 Å². The third kappa shape index (κ3) is 4.22. The summed E-state index contributed by atoms with van der Waals surface area (Å²) in [4.78, 5) is 2.61. The van der Waals surface area contributed by atoms with Gasteiger partial charge in [-0.15, -0.1) is 0 Å². The van der Waals surface area contributed by atoms with Crippen LogP contribution in [0, 0.1) is 0 Å². The molecular weight excluding hydrogens is 248 g/mol. The fraction of sp³-hybridized carbons (Fsp3) is 0.647. The molecule has 2 atom stereocenters. The lowest BCUT2D eigenvalue weighted by Crippen LogP contribution is -2.43. The van der Waals surface area contributed by atoms with Gasteiger partial charge < -0.3 is 10.1 Å². The van der Waals surface area contributed by atoms with Gasteiger partial charge in [-0.05, 0) is 57.5 Å². The molecule has 0 saturated carbocycles. The fourth-order valence-electron chi connectivity index (χ4n) is 2.85. The van der Waals surface area contributed by atoms with Crippen LogP contribution in [0.15, 0.2) is 24.3 Å². The second-order valence-electron chi connectivity index (χ2n) is 5.85. The second-order valence-corrected chi connectivity index (χ2v) is 5.85. The summed E-state index contributed by atoms with van der Waals surface area (Å²) in [5.74, 6) is 0.919. The number of likely N-dealkylation sites (tertiary alicyclic amines) is 1. The molecule has 1 aliphatic rings. The highest BCUT2D eigenvalue weighted by atomic mass is 16.5. The smallest absolute Gasteiger partial charge is 0.118 e. The Morgan fingerprint density at radius 2 is 1.75 bits per heavy atom. The number of piperidine rings is 1. The van der Waals surface area contributed by atoms with E-state index in [1.54, 1.807) is 7.11 Å². The van der Waals surface area contributed by atoms with Crippen molar-refractivity contribution in [2.75, 3.05) is 26.7 Å². The van der Waals surface area contributed by atoms with E-state index < -0.39 is 0 Å². The molecule has 0 bridgehead atoms. The lowest BCUT2D eigenvalue weighted by Gasteiger charge is -2.33. The lowest BCUT2D eigenvalue weighted by atomic mass is 10.1. The van der Waals surface area contributed by atoms with Crippen LogP contribution in [0.3, 0.4) is 0 Å². The van der Waals surface area contributed by atoms with Crippen molar-refractivity contribution < 1.29 is 4.74 Å². The summed E-state index contributed by atoms with van der Waals surface area (Å²) in [6.45, 7) is 8.14. The average molecular weight is 276 g/mol. The molecule has 2 rings (SSSR count). The Morgan fingerprint density at radius 1 is 1.10 bits per heavy atom. The molecule has 0 aromatic heterocycles. The molecule has 1 aliphatic heterocycles. The van der Waals surface area contributed by atoms with Crippen molar-refractivity contribution in [3.63, 3.8) is 0 Å². The van der Waals surface area contributed by atoms with Crippen molar-refractivity contribution in [2.24, 2.45) is 0 Å². The molecule has 1 saturated heterocycles. The summed E-state index contributed by atoms with van der Waals surface area (Å²) >= 11 is 0. The zero-order chi connectivity index (χ0) is 14.4. The van der Waals surface area contributed by atoms with Crippen LogP contribution in [0.4, 0.5) is 0 Å². The topological polar surface area (TPSA) is 24.5 Å². The van der Waals surface area contributed by atoms with E-state index in [1.807, 2.05) is 12.1 Å². The zero-order valence-corrected chi connectivity index (χ0v) is 13.1. The first-order valence-corrected chi connectivity index (χ1v) is 7.82. The van der Waals surface area contributed by atoms with Gasteiger partial charge in [0.05, 0.1) is 7.11 Å². The highest BCUT2D eigenvalue weighted by Gasteiger charge is 2.17. The maximum atomic E-state index is 5.20. The lowest BCUT2D eigenvalue weighted by molar-refractivity contribution is 0.168. The van der Waals surface area contributed by atoms with Gasteiger partial charge in [-0.2, -0.15) is 0 Å². The molecule has 3 nitrogen and oxygen atoms in total. The largest absolute Gasteiger partial charge is 0.497 e. The quantitative estimate of drug-likeness (QED) is 0.863. The van der Waals surface area contributed by atoms with E-state index in [9.17, 15) is 0 Å². The number of nitrogens with zero attached hydrogens (tertiary/aromatic N) is 1. The number of hydrogen-bond acceptors (Lipinski definition) is 3. The first kappa shape index (κ1) is 15.3. The van der Waals surface area contributed by atoms with E-state index in [1.165, 1.54) is 37.9 Å². The van der Waals surface area contributed by atoms with Crippen LogP contribution in [0.25, 0.3) is 0 Å². The molecule has 1 N–H and O–H groups in total. The van der Waals surface area contributed by atoms with Crippen molar-refractivity contribution in [2.45, 2.75) is 45.2 Å². The Balaban J connectivity index is 1.79. The van der Waals surface area contributed by atoms with Gasteiger partial charge >= 0.3 is 0 Å². The van der Waals surface area contributed by atoms with Crippen LogP contribution in [-0.2, 0) is 0 Å². The van der Waals surface area contributed by atoms with Crippen LogP contribution in [-0.4, -0.2) is 37.7 Å². The SMILES string of the molecule is COc1ccc(C(C)NCC(C)N2CCCCC2)cc1. The minimum atomic E-state index is 0.383. The van der Waals surface area contributed by atoms with Crippen molar-refractivity contribution in [3.8, 4) is 5.75 Å². The number of methoxy groups -OCH3 is 1. The summed E-state index contributed by atoms with van der Waals surface area (Å²) in [5.41, 5.74) is 1.32. The molecule has 1 heterocycles. The van der Waals surface area contributed by atoms with Crippen LogP contribution in [0.5, 0.6) is 5.75 Å². The third-order valence-electron chi connectivity index (χ3n) is 4.35. The number of nitrogens with one attached hydrogen (secondary N) is 1. The minimum Gasteiger partial charge on any atom is -0.497 e. The number of hydrogen-bond donors (Lipinski definition) is 1. The number of rotatable bonds is 6. The molecule has 112 valence electrons. The van der Waals surface area contributed by atoms with Crippen molar-refractivity contribution in [1.82, 2.24) is 10.2 Å². The molecule has 1 aromatic carbocycles. The van der Waals surface area contributed by atoms with Gasteiger partial charge in [0, 0.05) is 18.6 Å². The summed E-state index contributed by atoms with van der Waals surface area (Å²) in [6, 6.07) is 9.34. The molecule has 0 aliphatic carbocycles. The van der Waals surface area contributed by atoms with Crippen LogP contribution < -0.4 is 10.1 Å². The number of benzene rings is 1. The van der Waals surface area contributed by atoms with Gasteiger partial charge in [0.25, 0.3) is 0 Å². The predicted octanol–water partition coefficient (Wildman–Crippen LogP) is 3.22. The van der Waals surface area contributed by atoms with E-state index in [0.717, 1.165) is 12.3 Å². The Morgan fingerprint density at radius 3 is 2.35 bits per heavy atom. The minimum absolute atomic E-state index is 0.383. The first-order chi connectivity index (χ1) is 9.70. The van der Waals surface area contributed by atoms with Crippen molar-refractivity contribution >= 4 is 0 Å². The van der Waals surface area contributed by atoms with Crippen LogP contribution in [0.2, 0.25) is 0 Å². The van der Waals surface area contributed by atoms with Gasteiger partial charge in [-0.1, -0.05) is 18.6 Å². The molecule has 1 aromatic rings. The van der Waals surface area contributed by atoms with E-state index in [-0.39, 0.29) is 0 Å². The summed E-state index contributed by atoms with van der Waals surface area (Å²) < 4.78 is 5.20. The zero-order valence-electron chi connectivity index (χ0n) is 13.1. The van der Waals surface area contributed by atoms with Gasteiger partial charge in [0.2, 0.25) is 0 Å². The summed E-state index contributed by atoms with van der Waals surface area (Å²) in [5, 5.41) is 3.65. The highest BCUT2D eigenvalue weighted by molar-refractivity contribution is 5.28. The monoisotopic (exact) mass is 276 g/mol. The van der Waals surface area contributed by atoms with Gasteiger partial charge in [-0.25, -0.2) is 0 Å². The molecule has 0 amide bonds. The van der Waals surface area contributed by atoms with Gasteiger partial charge in [-0.3, -0.25) is 4.90 Å². The molecule has 0 radical (unpaired) electrons. The Kier molecular flexibility index (Phi) is 5.86. The van der Waals surface area contributed by atoms with E-state index >= 15 is 0 Å². The Bertz CT molecular complexity index is 384. The molecule has 2 unspecified atom stereocenters. The van der Waals surface area contributed by atoms with E-state index in [2.05, 4.69) is 36.2 Å². The third-order valence-corrected chi connectivity index (χ3v) is 4.35. The fourth-order valence-corrected chi connectivity index (χ4v) is 2.85. The molecule has 20 heavy (non-hydrogen) atoms. The normalized spacial score (nSPS) is 19.6. The van der Waals surface area contributed by atoms with E-state index in [4.69, 9.17) is 4.74 Å². The van der Waals surface area contributed by atoms with Crippen LogP contribution in [0.1, 0.15) is 44.7 Å². The standard InChI is InChI=1S/C17H28N2O/c1-14(19-11-5-4-6-12-19)13-18-15(2)16-7-9-17(20-3)10-8-16/h7-10,14-15,18H,4-6,11-13H2,1-3H3. The second kappa shape index (κ2) is 7.65. The van der Waals surface area contributed by atoms with Crippen LogP contribution >= 0.6 is 0 Å². The predicted molar refractivity (Wildman–Crippen MR) is 84.3 cm³/mol. The average Bonchev–Trinajstić information content (AvgIpc) is 2.53. The maximum absolute atomic E-state index is 5.20. The highest BCUT2D eigenvalue weighted by Crippen LogP contribution is 2.18. The van der Waals surface area contributed by atoms with E-state index in [0.29, 0.717) is 12.1 Å². The van der Waals surface area contributed by atoms with Gasteiger partial charge in [0.1, 0.15) is 5.75 Å². The number of ether oxygens (including phenoxy) is 1. The molecular formula is C17H28N2O. The molecule has 3 heteroatoms. The van der Waals surface area contributed by atoms with Crippen molar-refractivity contribution in [1.29, 1.82) is 0 Å². The molecule has 1 fully saturated rings. The summed E-state index contributed by atoms with van der Waals surface area (Å²) in [6.07, 6.45) is 4.12. The Hall–Kier alpha value is -1.06. The Labute approximate surface area is 123 Å². The van der Waals surface area contributed by atoms with Crippen molar-refractivity contribution in [3.05, 3.63) is 29.8 Å². The first-order valence-electron chi connectivity index (χ1n) is 7.82. The molecule has 0 spiro atoms. The maximum Gasteiger partial charge on any atom is 0.118 e. The summed E-state index contributed by atoms with van der Waals surface area (Å²) in [7, 11) is 1.71.